The first kappa shape index (κ1) is 13.1. The second kappa shape index (κ2) is 5.63. The van der Waals surface area contributed by atoms with E-state index in [9.17, 15) is 9.59 Å². The van der Waals surface area contributed by atoms with Gasteiger partial charge >= 0.3 is 0 Å². The van der Waals surface area contributed by atoms with Gasteiger partial charge in [0.1, 0.15) is 0 Å². The van der Waals surface area contributed by atoms with Gasteiger partial charge in [-0.2, -0.15) is 0 Å². The van der Waals surface area contributed by atoms with E-state index < -0.39 is 0 Å². The summed E-state index contributed by atoms with van der Waals surface area (Å²) < 4.78 is 1.11. The van der Waals surface area contributed by atoms with Crippen LogP contribution < -0.4 is 10.6 Å². The van der Waals surface area contributed by atoms with Gasteiger partial charge < -0.3 is 10.6 Å². The molecule has 2 N–H and O–H groups in total. The topological polar surface area (TPSA) is 58.2 Å². The Morgan fingerprint density at radius 3 is 2.65 bits per heavy atom. The van der Waals surface area contributed by atoms with Crippen LogP contribution in [0.4, 0.5) is 0 Å². The van der Waals surface area contributed by atoms with Crippen LogP contribution in [0.25, 0.3) is 10.1 Å². The van der Waals surface area contributed by atoms with E-state index in [-0.39, 0.29) is 17.7 Å². The number of fused-ring (bicyclic) bond motifs is 1. The molecule has 1 aromatic heterocycles. The summed E-state index contributed by atoms with van der Waals surface area (Å²) in [5.74, 6) is 0.251. The average Bonchev–Trinajstić information content (AvgIpc) is 3.21. The van der Waals surface area contributed by atoms with E-state index in [1.807, 2.05) is 30.3 Å². The third kappa shape index (κ3) is 2.99. The molecule has 20 heavy (non-hydrogen) atoms. The molecule has 2 amide bonds. The van der Waals surface area contributed by atoms with Gasteiger partial charge in [0.05, 0.1) is 4.88 Å². The average molecular weight is 288 g/mol. The lowest BCUT2D eigenvalue weighted by atomic mass is 10.2. The molecule has 3 rings (SSSR count). The summed E-state index contributed by atoms with van der Waals surface area (Å²) in [6.07, 6.45) is 2.00. The van der Waals surface area contributed by atoms with Crippen LogP contribution in [0.5, 0.6) is 0 Å². The lowest BCUT2D eigenvalue weighted by molar-refractivity contribution is -0.122. The predicted octanol–water partition coefficient (Wildman–Crippen LogP) is 2.16. The minimum absolute atomic E-state index is 0.0770. The van der Waals surface area contributed by atoms with Gasteiger partial charge in [-0.1, -0.05) is 18.2 Å². The van der Waals surface area contributed by atoms with Gasteiger partial charge in [0, 0.05) is 23.7 Å². The number of hydrogen-bond acceptors (Lipinski definition) is 3. The van der Waals surface area contributed by atoms with Crippen LogP contribution in [0.1, 0.15) is 22.5 Å². The third-order valence-corrected chi connectivity index (χ3v) is 4.42. The quantitative estimate of drug-likeness (QED) is 0.828. The number of amides is 2. The van der Waals surface area contributed by atoms with Gasteiger partial charge in [0.25, 0.3) is 5.91 Å². The monoisotopic (exact) mass is 288 g/mol. The summed E-state index contributed by atoms with van der Waals surface area (Å²) in [7, 11) is 0. The van der Waals surface area contributed by atoms with Crippen LogP contribution >= 0.6 is 11.3 Å². The molecular weight excluding hydrogens is 272 g/mol. The molecule has 5 heteroatoms. The number of carbonyl (C=O) groups is 2. The van der Waals surface area contributed by atoms with Crippen molar-refractivity contribution in [2.24, 2.45) is 5.92 Å². The lowest BCUT2D eigenvalue weighted by Gasteiger charge is -2.05. The molecule has 4 nitrogen and oxygen atoms in total. The number of rotatable bonds is 5. The van der Waals surface area contributed by atoms with E-state index in [0.717, 1.165) is 22.9 Å². The highest BCUT2D eigenvalue weighted by Gasteiger charge is 2.28. The zero-order valence-corrected chi connectivity index (χ0v) is 11.8. The van der Waals surface area contributed by atoms with Crippen molar-refractivity contribution in [1.29, 1.82) is 0 Å². The van der Waals surface area contributed by atoms with Crippen molar-refractivity contribution in [2.75, 3.05) is 13.1 Å². The van der Waals surface area contributed by atoms with Gasteiger partial charge in [0.2, 0.25) is 5.91 Å². The molecular formula is C15H16N2O2S. The van der Waals surface area contributed by atoms with Crippen molar-refractivity contribution in [2.45, 2.75) is 12.8 Å². The molecule has 1 aromatic carbocycles. The Morgan fingerprint density at radius 1 is 1.15 bits per heavy atom. The zero-order valence-electron chi connectivity index (χ0n) is 11.0. The van der Waals surface area contributed by atoms with Crippen molar-refractivity contribution in [3.63, 3.8) is 0 Å². The maximum Gasteiger partial charge on any atom is 0.261 e. The highest BCUT2D eigenvalue weighted by atomic mass is 32.1. The van der Waals surface area contributed by atoms with Gasteiger partial charge in [-0.3, -0.25) is 9.59 Å². The van der Waals surface area contributed by atoms with E-state index in [2.05, 4.69) is 10.6 Å². The molecule has 1 fully saturated rings. The number of carbonyl (C=O) groups excluding carboxylic acids is 2. The van der Waals surface area contributed by atoms with E-state index in [1.54, 1.807) is 0 Å². The Kier molecular flexibility index (Phi) is 3.69. The Hall–Kier alpha value is -1.88. The van der Waals surface area contributed by atoms with Crippen LogP contribution in [-0.2, 0) is 4.79 Å². The maximum atomic E-state index is 12.0. The summed E-state index contributed by atoms with van der Waals surface area (Å²) in [6.45, 7) is 0.956. The van der Waals surface area contributed by atoms with Gasteiger partial charge in [-0.15, -0.1) is 11.3 Å². The van der Waals surface area contributed by atoms with E-state index in [0.29, 0.717) is 18.0 Å². The second-order valence-corrected chi connectivity index (χ2v) is 6.05. The smallest absolute Gasteiger partial charge is 0.261 e. The minimum atomic E-state index is -0.0770. The fraction of sp³-hybridized carbons (Fsp3) is 0.333. The maximum absolute atomic E-state index is 12.0. The van der Waals surface area contributed by atoms with Gasteiger partial charge in [0.15, 0.2) is 0 Å². The molecule has 104 valence electrons. The zero-order chi connectivity index (χ0) is 13.9. The summed E-state index contributed by atoms with van der Waals surface area (Å²) in [4.78, 5) is 24.1. The summed E-state index contributed by atoms with van der Waals surface area (Å²) in [5, 5.41) is 6.75. The summed E-state index contributed by atoms with van der Waals surface area (Å²) in [6, 6.07) is 9.83. The molecule has 0 atom stereocenters. The highest BCUT2D eigenvalue weighted by molar-refractivity contribution is 7.20. The van der Waals surface area contributed by atoms with Crippen LogP contribution in [0.2, 0.25) is 0 Å². The standard InChI is InChI=1S/C15H16N2O2S/c18-14(10-5-6-10)16-7-8-17-15(19)13-9-11-3-1-2-4-12(11)20-13/h1-4,9-10H,5-8H2,(H,16,18)(H,17,19). The number of hydrogen-bond donors (Lipinski definition) is 2. The van der Waals surface area contributed by atoms with Crippen molar-refractivity contribution in [1.82, 2.24) is 10.6 Å². The third-order valence-electron chi connectivity index (χ3n) is 3.31. The normalized spacial score (nSPS) is 14.2. The fourth-order valence-corrected chi connectivity index (χ4v) is 3.01. The Morgan fingerprint density at radius 2 is 1.90 bits per heavy atom. The molecule has 1 saturated carbocycles. The largest absolute Gasteiger partial charge is 0.354 e. The van der Waals surface area contributed by atoms with E-state index >= 15 is 0 Å². The van der Waals surface area contributed by atoms with Crippen LogP contribution in [0.3, 0.4) is 0 Å². The Bertz CT molecular complexity index is 613. The Balaban J connectivity index is 1.49. The molecule has 0 bridgehead atoms. The van der Waals surface area contributed by atoms with Crippen LogP contribution in [-0.4, -0.2) is 24.9 Å². The molecule has 0 unspecified atom stereocenters. The van der Waals surface area contributed by atoms with Crippen LogP contribution in [0, 0.1) is 5.92 Å². The molecule has 0 spiro atoms. The van der Waals surface area contributed by atoms with Crippen molar-refractivity contribution >= 4 is 33.2 Å². The number of nitrogens with one attached hydrogen (secondary N) is 2. The summed E-state index contributed by atoms with van der Waals surface area (Å²) in [5.41, 5.74) is 0. The molecule has 2 aromatic rings. The summed E-state index contributed by atoms with van der Waals surface area (Å²) >= 11 is 1.49. The first-order chi connectivity index (χ1) is 9.74. The van der Waals surface area contributed by atoms with Crippen molar-refractivity contribution in [3.05, 3.63) is 35.2 Å². The van der Waals surface area contributed by atoms with E-state index in [4.69, 9.17) is 0 Å². The first-order valence-electron chi connectivity index (χ1n) is 6.78. The molecule has 0 aliphatic heterocycles. The minimum Gasteiger partial charge on any atom is -0.354 e. The lowest BCUT2D eigenvalue weighted by Crippen LogP contribution is -2.35. The number of thiophene rings is 1. The molecule has 0 saturated heterocycles. The second-order valence-electron chi connectivity index (χ2n) is 4.97. The van der Waals surface area contributed by atoms with Crippen LogP contribution in [0.15, 0.2) is 30.3 Å². The predicted molar refractivity (Wildman–Crippen MR) is 79.9 cm³/mol. The fourth-order valence-electron chi connectivity index (χ4n) is 2.03. The molecule has 1 heterocycles. The first-order valence-corrected chi connectivity index (χ1v) is 7.60. The Labute approximate surface area is 121 Å². The molecule has 1 aliphatic rings. The SMILES string of the molecule is O=C(NCCNC(=O)C1CC1)c1cc2ccccc2s1. The molecule has 0 radical (unpaired) electrons. The highest BCUT2D eigenvalue weighted by Crippen LogP contribution is 2.28. The van der Waals surface area contributed by atoms with Crippen molar-refractivity contribution < 1.29 is 9.59 Å². The van der Waals surface area contributed by atoms with Gasteiger partial charge in [-0.05, 0) is 30.4 Å². The molecule has 1 aliphatic carbocycles. The number of benzene rings is 1. The van der Waals surface area contributed by atoms with E-state index in [1.165, 1.54) is 11.3 Å². The van der Waals surface area contributed by atoms with Crippen molar-refractivity contribution in [3.8, 4) is 0 Å². The van der Waals surface area contributed by atoms with Gasteiger partial charge in [-0.25, -0.2) is 0 Å².